The first kappa shape index (κ1) is 20.2. The van der Waals surface area contributed by atoms with E-state index in [-0.39, 0.29) is 11.3 Å². The van der Waals surface area contributed by atoms with Gasteiger partial charge in [0.05, 0.1) is 23.9 Å². The second-order valence-electron chi connectivity index (χ2n) is 9.13. The molecule has 0 radical (unpaired) electrons. The minimum absolute atomic E-state index is 0.0233. The number of hydrogen-bond acceptors (Lipinski definition) is 3. The summed E-state index contributed by atoms with van der Waals surface area (Å²) in [6, 6.07) is 10.9. The van der Waals surface area contributed by atoms with Crippen LogP contribution in [0.5, 0.6) is 0 Å². The third kappa shape index (κ3) is 4.41. The molecule has 1 aromatic carbocycles. The molecule has 1 N–H and O–H groups in total. The van der Waals surface area contributed by atoms with Crippen molar-refractivity contribution in [2.24, 2.45) is 5.41 Å². The molecule has 1 spiro atoms. The number of nitrogens with zero attached hydrogens (tertiary/aromatic N) is 2. The first-order valence-corrected chi connectivity index (χ1v) is 11.5. The van der Waals surface area contributed by atoms with Gasteiger partial charge in [0.25, 0.3) is 0 Å². The number of rotatable bonds is 3. The average molecular weight is 392 g/mol. The second kappa shape index (κ2) is 9.13. The number of likely N-dealkylation sites (tertiary alicyclic amines) is 1. The third-order valence-electron chi connectivity index (χ3n) is 7.10. The summed E-state index contributed by atoms with van der Waals surface area (Å²) < 4.78 is 0. The topological polar surface area (TPSA) is 56.1 Å². The van der Waals surface area contributed by atoms with Crippen molar-refractivity contribution in [3.05, 3.63) is 41.0 Å². The second-order valence-corrected chi connectivity index (χ2v) is 9.13. The fourth-order valence-electron chi connectivity index (χ4n) is 5.58. The highest BCUT2D eigenvalue weighted by molar-refractivity contribution is 5.91. The van der Waals surface area contributed by atoms with Gasteiger partial charge in [-0.25, -0.2) is 0 Å². The minimum atomic E-state index is -0.106. The Bertz CT molecular complexity index is 804. The zero-order chi connectivity index (χ0) is 20.1. The highest BCUT2D eigenvalue weighted by Crippen LogP contribution is 2.49. The van der Waals surface area contributed by atoms with Crippen LogP contribution in [-0.4, -0.2) is 30.4 Å². The number of amides is 1. The van der Waals surface area contributed by atoms with Gasteiger partial charge in [-0.15, -0.1) is 0 Å². The molecule has 1 saturated carbocycles. The molecule has 4 rings (SSSR count). The molecule has 2 fully saturated rings. The average Bonchev–Trinajstić information content (AvgIpc) is 3.11. The summed E-state index contributed by atoms with van der Waals surface area (Å²) >= 11 is 0. The summed E-state index contributed by atoms with van der Waals surface area (Å²) in [5.41, 5.74) is 3.82. The molecule has 0 unspecified atom stereocenters. The predicted octanol–water partition coefficient (Wildman–Crippen LogP) is 4.81. The van der Waals surface area contributed by atoms with E-state index < -0.39 is 0 Å². The van der Waals surface area contributed by atoms with Crippen molar-refractivity contribution in [3.8, 4) is 6.07 Å². The monoisotopic (exact) mass is 391 g/mol. The van der Waals surface area contributed by atoms with Crippen LogP contribution in [0.1, 0.15) is 75.3 Å². The number of benzene rings is 1. The van der Waals surface area contributed by atoms with E-state index in [0.717, 1.165) is 49.2 Å². The van der Waals surface area contributed by atoms with Crippen LogP contribution in [-0.2, 0) is 11.2 Å². The normalized spacial score (nSPS) is 22.3. The van der Waals surface area contributed by atoms with E-state index >= 15 is 0 Å². The van der Waals surface area contributed by atoms with Crippen LogP contribution in [0.3, 0.4) is 0 Å². The van der Waals surface area contributed by atoms with E-state index in [1.165, 1.54) is 56.9 Å². The molecule has 0 bridgehead atoms. The van der Waals surface area contributed by atoms with Crippen LogP contribution >= 0.6 is 0 Å². The Labute approximate surface area is 175 Å². The van der Waals surface area contributed by atoms with Crippen LogP contribution in [0, 0.1) is 16.7 Å². The molecule has 1 aliphatic heterocycles. The summed E-state index contributed by atoms with van der Waals surface area (Å²) in [6.45, 7) is 2.42. The molecule has 0 aromatic heterocycles. The molecule has 29 heavy (non-hydrogen) atoms. The molecular weight excluding hydrogens is 358 g/mol. The van der Waals surface area contributed by atoms with E-state index in [2.05, 4.69) is 34.5 Å². The van der Waals surface area contributed by atoms with Gasteiger partial charge < -0.3 is 5.32 Å². The fourth-order valence-corrected chi connectivity index (χ4v) is 5.58. The zero-order valence-corrected chi connectivity index (χ0v) is 17.5. The summed E-state index contributed by atoms with van der Waals surface area (Å²) in [5, 5.41) is 13.4. The van der Waals surface area contributed by atoms with E-state index in [1.54, 1.807) is 0 Å². The van der Waals surface area contributed by atoms with E-state index in [9.17, 15) is 10.1 Å². The fraction of sp³-hybridized carbons (Fsp3) is 0.600. The number of allylic oxidation sites excluding steroid dienone is 1. The van der Waals surface area contributed by atoms with Crippen LogP contribution in [0.2, 0.25) is 0 Å². The van der Waals surface area contributed by atoms with Crippen molar-refractivity contribution < 1.29 is 4.79 Å². The number of carbonyl (C=O) groups excluding carboxylic acids is 1. The van der Waals surface area contributed by atoms with Crippen LogP contribution in [0.4, 0.5) is 0 Å². The predicted molar refractivity (Wildman–Crippen MR) is 116 cm³/mol. The van der Waals surface area contributed by atoms with Gasteiger partial charge in [-0.3, -0.25) is 9.69 Å². The van der Waals surface area contributed by atoms with Gasteiger partial charge in [-0.1, -0.05) is 62.8 Å². The summed E-state index contributed by atoms with van der Waals surface area (Å²) in [4.78, 5) is 15.3. The minimum Gasteiger partial charge on any atom is -0.324 e. The van der Waals surface area contributed by atoms with Crippen LogP contribution in [0.25, 0.3) is 5.70 Å². The van der Waals surface area contributed by atoms with Gasteiger partial charge >= 0.3 is 0 Å². The Hall–Kier alpha value is -2.12. The maximum Gasteiger partial charge on any atom is 0.238 e. The Morgan fingerprint density at radius 1 is 1.00 bits per heavy atom. The van der Waals surface area contributed by atoms with Gasteiger partial charge in [0, 0.05) is 11.0 Å². The Kier molecular flexibility index (Phi) is 6.35. The zero-order valence-electron chi connectivity index (χ0n) is 17.5. The molecule has 4 heteroatoms. The molecular formula is C25H33N3O. The lowest BCUT2D eigenvalue weighted by Crippen LogP contribution is -2.40. The molecule has 1 saturated heterocycles. The SMILES string of the molecule is N#CC1=C(NC(=O)CN2CCCCCC2)c2ccccc2CC12CCCCCC2. The van der Waals surface area contributed by atoms with Crippen molar-refractivity contribution in [2.45, 2.75) is 70.6 Å². The van der Waals surface area contributed by atoms with Gasteiger partial charge in [0.1, 0.15) is 0 Å². The molecule has 1 aromatic rings. The summed E-state index contributed by atoms with van der Waals surface area (Å²) in [6.07, 6.45) is 12.7. The van der Waals surface area contributed by atoms with E-state index in [4.69, 9.17) is 0 Å². The highest BCUT2D eigenvalue weighted by atomic mass is 16.2. The van der Waals surface area contributed by atoms with Gasteiger partial charge in [0.2, 0.25) is 5.91 Å². The molecule has 154 valence electrons. The Balaban J connectivity index is 1.64. The standard InChI is InChI=1S/C25H33N3O/c26-18-22-24(27-23(29)19-28-15-9-3-4-10-16-28)21-12-6-5-11-20(21)17-25(22)13-7-1-2-8-14-25/h5-6,11-12H,1-4,7-10,13-17,19H2,(H,27,29). The number of nitriles is 1. The van der Waals surface area contributed by atoms with Crippen molar-refractivity contribution in [1.82, 2.24) is 10.2 Å². The molecule has 4 nitrogen and oxygen atoms in total. The van der Waals surface area contributed by atoms with Crippen molar-refractivity contribution in [1.29, 1.82) is 5.26 Å². The third-order valence-corrected chi connectivity index (χ3v) is 7.10. The smallest absolute Gasteiger partial charge is 0.238 e. The number of nitrogens with one attached hydrogen (secondary N) is 1. The van der Waals surface area contributed by atoms with E-state index in [1.807, 2.05) is 6.07 Å². The molecule has 1 amide bonds. The number of carbonyl (C=O) groups is 1. The number of hydrogen-bond donors (Lipinski definition) is 1. The summed E-state index contributed by atoms with van der Waals surface area (Å²) in [5.74, 6) is 0.0233. The van der Waals surface area contributed by atoms with Gasteiger partial charge in [-0.05, 0) is 50.8 Å². The largest absolute Gasteiger partial charge is 0.324 e. The molecule has 1 heterocycles. The quantitative estimate of drug-likeness (QED) is 0.804. The van der Waals surface area contributed by atoms with Gasteiger partial charge in [0.15, 0.2) is 0 Å². The Morgan fingerprint density at radius 3 is 2.34 bits per heavy atom. The van der Waals surface area contributed by atoms with Crippen molar-refractivity contribution in [3.63, 3.8) is 0 Å². The van der Waals surface area contributed by atoms with Gasteiger partial charge in [-0.2, -0.15) is 5.26 Å². The lowest BCUT2D eigenvalue weighted by Gasteiger charge is -2.39. The lowest BCUT2D eigenvalue weighted by atomic mass is 9.65. The van der Waals surface area contributed by atoms with Crippen LogP contribution in [0.15, 0.2) is 29.8 Å². The molecule has 0 atom stereocenters. The number of fused-ring (bicyclic) bond motifs is 1. The van der Waals surface area contributed by atoms with Crippen molar-refractivity contribution in [2.75, 3.05) is 19.6 Å². The summed E-state index contributed by atoms with van der Waals surface area (Å²) in [7, 11) is 0. The van der Waals surface area contributed by atoms with Crippen molar-refractivity contribution >= 4 is 11.6 Å². The maximum absolute atomic E-state index is 13.0. The molecule has 3 aliphatic rings. The molecule has 2 aliphatic carbocycles. The van der Waals surface area contributed by atoms with E-state index in [0.29, 0.717) is 6.54 Å². The maximum atomic E-state index is 13.0. The highest BCUT2D eigenvalue weighted by Gasteiger charge is 2.41. The Morgan fingerprint density at radius 2 is 1.66 bits per heavy atom. The lowest BCUT2D eigenvalue weighted by molar-refractivity contribution is -0.121. The first-order valence-electron chi connectivity index (χ1n) is 11.5. The first-order chi connectivity index (χ1) is 14.2. The van der Waals surface area contributed by atoms with Crippen LogP contribution < -0.4 is 5.32 Å².